The Bertz CT molecular complexity index is 395. The van der Waals surface area contributed by atoms with Crippen molar-refractivity contribution in [2.45, 2.75) is 19.8 Å². The quantitative estimate of drug-likeness (QED) is 0.758. The standard InChI is InChI=1S/C9H13NO3S/c1-7(2)8-3-5-9(6-4-8)10-14(11,12)13/h3-7,10H,1-2H3,(H,11,12,13). The molecule has 1 aromatic rings. The van der Waals surface area contributed by atoms with Crippen LogP contribution in [0.4, 0.5) is 5.69 Å². The van der Waals surface area contributed by atoms with Gasteiger partial charge in [-0.2, -0.15) is 8.42 Å². The fraction of sp³-hybridized carbons (Fsp3) is 0.333. The van der Waals surface area contributed by atoms with Crippen LogP contribution < -0.4 is 4.72 Å². The summed E-state index contributed by atoms with van der Waals surface area (Å²) in [5.74, 6) is 0.398. The molecule has 5 heteroatoms. The minimum Gasteiger partial charge on any atom is -0.269 e. The summed E-state index contributed by atoms with van der Waals surface area (Å²) in [4.78, 5) is 0. The molecule has 0 aliphatic rings. The first-order valence-corrected chi connectivity index (χ1v) is 5.67. The van der Waals surface area contributed by atoms with Gasteiger partial charge in [0.1, 0.15) is 0 Å². The van der Waals surface area contributed by atoms with E-state index in [1.807, 2.05) is 30.7 Å². The van der Waals surface area contributed by atoms with Crippen molar-refractivity contribution in [1.82, 2.24) is 0 Å². The molecule has 0 unspecified atom stereocenters. The summed E-state index contributed by atoms with van der Waals surface area (Å²) < 4.78 is 31.4. The Morgan fingerprint density at radius 2 is 1.71 bits per heavy atom. The molecule has 0 saturated carbocycles. The van der Waals surface area contributed by atoms with Crippen molar-refractivity contribution in [2.24, 2.45) is 0 Å². The molecule has 0 aromatic heterocycles. The zero-order valence-corrected chi connectivity index (χ0v) is 8.88. The van der Waals surface area contributed by atoms with Crippen LogP contribution in [0.1, 0.15) is 25.3 Å². The first-order chi connectivity index (χ1) is 6.38. The van der Waals surface area contributed by atoms with Crippen LogP contribution >= 0.6 is 0 Å². The second kappa shape index (κ2) is 3.98. The third-order valence-corrected chi connectivity index (χ3v) is 2.32. The van der Waals surface area contributed by atoms with Gasteiger partial charge in [0.15, 0.2) is 0 Å². The predicted molar refractivity (Wildman–Crippen MR) is 55.7 cm³/mol. The summed E-state index contributed by atoms with van der Waals surface area (Å²) >= 11 is 0. The summed E-state index contributed by atoms with van der Waals surface area (Å²) in [7, 11) is -4.16. The van der Waals surface area contributed by atoms with Crippen LogP contribution in [0.2, 0.25) is 0 Å². The van der Waals surface area contributed by atoms with Gasteiger partial charge >= 0.3 is 10.3 Å². The maximum absolute atomic E-state index is 10.5. The van der Waals surface area contributed by atoms with Gasteiger partial charge in [-0.1, -0.05) is 26.0 Å². The third kappa shape index (κ3) is 3.35. The second-order valence-electron chi connectivity index (χ2n) is 3.35. The molecule has 78 valence electrons. The Balaban J connectivity index is 2.84. The number of hydrogen-bond acceptors (Lipinski definition) is 2. The summed E-state index contributed by atoms with van der Waals surface area (Å²) in [5.41, 5.74) is 1.47. The smallest absolute Gasteiger partial charge is 0.269 e. The molecule has 1 aromatic carbocycles. The van der Waals surface area contributed by atoms with Gasteiger partial charge in [0, 0.05) is 0 Å². The van der Waals surface area contributed by atoms with Crippen LogP contribution in [0.3, 0.4) is 0 Å². The molecule has 0 spiro atoms. The Kier molecular flexibility index (Phi) is 3.13. The SMILES string of the molecule is CC(C)c1ccc(NS(=O)(=O)O)cc1. The zero-order chi connectivity index (χ0) is 10.8. The van der Waals surface area contributed by atoms with Crippen LogP contribution in [0.5, 0.6) is 0 Å². The lowest BCUT2D eigenvalue weighted by atomic mass is 10.0. The van der Waals surface area contributed by atoms with Crippen LogP contribution in [0.25, 0.3) is 0 Å². The summed E-state index contributed by atoms with van der Waals surface area (Å²) in [6, 6.07) is 6.86. The largest absolute Gasteiger partial charge is 0.357 e. The van der Waals surface area contributed by atoms with E-state index in [1.165, 1.54) is 0 Å². The predicted octanol–water partition coefficient (Wildman–Crippen LogP) is 2.02. The molecule has 14 heavy (non-hydrogen) atoms. The van der Waals surface area contributed by atoms with Gasteiger partial charge in [-0.25, -0.2) is 0 Å². The molecule has 1 rings (SSSR count). The highest BCUT2D eigenvalue weighted by molar-refractivity contribution is 7.87. The van der Waals surface area contributed by atoms with E-state index in [1.54, 1.807) is 12.1 Å². The Hall–Kier alpha value is -1.07. The minimum atomic E-state index is -4.16. The van der Waals surface area contributed by atoms with Crippen molar-refractivity contribution in [2.75, 3.05) is 4.72 Å². The average Bonchev–Trinajstić information content (AvgIpc) is 2.02. The van der Waals surface area contributed by atoms with Gasteiger partial charge in [-0.15, -0.1) is 0 Å². The van der Waals surface area contributed by atoms with Gasteiger partial charge in [-0.05, 0) is 23.6 Å². The normalized spacial score (nSPS) is 11.7. The molecule has 0 fully saturated rings. The lowest BCUT2D eigenvalue weighted by molar-refractivity contribution is 0.490. The fourth-order valence-electron chi connectivity index (χ4n) is 1.08. The molecule has 0 amide bonds. The lowest BCUT2D eigenvalue weighted by Crippen LogP contribution is -2.10. The van der Waals surface area contributed by atoms with Crippen LogP contribution in [0, 0.1) is 0 Å². The van der Waals surface area contributed by atoms with Crippen LogP contribution in [0.15, 0.2) is 24.3 Å². The third-order valence-electron chi connectivity index (χ3n) is 1.82. The van der Waals surface area contributed by atoms with E-state index in [9.17, 15) is 8.42 Å². The molecule has 0 aliphatic carbocycles. The highest BCUT2D eigenvalue weighted by Gasteiger charge is 2.04. The van der Waals surface area contributed by atoms with Crippen molar-refractivity contribution < 1.29 is 13.0 Å². The molecule has 0 atom stereocenters. The highest BCUT2D eigenvalue weighted by Crippen LogP contribution is 2.17. The van der Waals surface area contributed by atoms with E-state index < -0.39 is 10.3 Å². The monoisotopic (exact) mass is 215 g/mol. The zero-order valence-electron chi connectivity index (χ0n) is 8.06. The summed E-state index contributed by atoms with van der Waals surface area (Å²) in [5, 5.41) is 0. The van der Waals surface area contributed by atoms with Gasteiger partial charge in [0.05, 0.1) is 5.69 Å². The topological polar surface area (TPSA) is 66.4 Å². The van der Waals surface area contributed by atoms with Crippen molar-refractivity contribution in [3.63, 3.8) is 0 Å². The van der Waals surface area contributed by atoms with E-state index in [2.05, 4.69) is 0 Å². The van der Waals surface area contributed by atoms with E-state index in [4.69, 9.17) is 4.55 Å². The van der Waals surface area contributed by atoms with Gasteiger partial charge in [-0.3, -0.25) is 9.27 Å². The molecular weight excluding hydrogens is 202 g/mol. The average molecular weight is 215 g/mol. The van der Waals surface area contributed by atoms with Crippen molar-refractivity contribution in [3.05, 3.63) is 29.8 Å². The molecule has 0 bridgehead atoms. The molecule has 0 radical (unpaired) electrons. The van der Waals surface area contributed by atoms with E-state index in [0.717, 1.165) is 5.56 Å². The number of hydrogen-bond donors (Lipinski definition) is 2. The van der Waals surface area contributed by atoms with Crippen molar-refractivity contribution in [3.8, 4) is 0 Å². The number of rotatable bonds is 3. The number of benzene rings is 1. The molecule has 0 heterocycles. The van der Waals surface area contributed by atoms with E-state index in [0.29, 0.717) is 11.6 Å². The van der Waals surface area contributed by atoms with E-state index in [-0.39, 0.29) is 0 Å². The second-order valence-corrected chi connectivity index (χ2v) is 4.51. The van der Waals surface area contributed by atoms with Crippen molar-refractivity contribution in [1.29, 1.82) is 0 Å². The summed E-state index contributed by atoms with van der Waals surface area (Å²) in [6.45, 7) is 4.09. The molecule has 4 nitrogen and oxygen atoms in total. The fourth-order valence-corrected chi connectivity index (χ4v) is 1.52. The first kappa shape index (κ1) is 11.0. The first-order valence-electron chi connectivity index (χ1n) is 4.23. The van der Waals surface area contributed by atoms with Crippen LogP contribution in [-0.2, 0) is 10.3 Å². The Morgan fingerprint density at radius 3 is 2.07 bits per heavy atom. The van der Waals surface area contributed by atoms with Crippen molar-refractivity contribution >= 4 is 16.0 Å². The maximum Gasteiger partial charge on any atom is 0.357 e. The van der Waals surface area contributed by atoms with Gasteiger partial charge in [0.25, 0.3) is 0 Å². The summed E-state index contributed by atoms with van der Waals surface area (Å²) in [6.07, 6.45) is 0. The van der Waals surface area contributed by atoms with Gasteiger partial charge in [0.2, 0.25) is 0 Å². The number of nitrogens with one attached hydrogen (secondary N) is 1. The Labute approximate surface area is 83.8 Å². The Morgan fingerprint density at radius 1 is 1.21 bits per heavy atom. The highest BCUT2D eigenvalue weighted by atomic mass is 32.2. The van der Waals surface area contributed by atoms with Crippen LogP contribution in [-0.4, -0.2) is 13.0 Å². The number of anilines is 1. The van der Waals surface area contributed by atoms with E-state index >= 15 is 0 Å². The lowest BCUT2D eigenvalue weighted by Gasteiger charge is -2.06. The van der Waals surface area contributed by atoms with Gasteiger partial charge < -0.3 is 0 Å². The maximum atomic E-state index is 10.5. The minimum absolute atomic E-state index is 0.358. The molecule has 2 N–H and O–H groups in total. The molecular formula is C9H13NO3S. The molecule has 0 aliphatic heterocycles. The molecule has 0 saturated heterocycles.